The van der Waals surface area contributed by atoms with Crippen LogP contribution in [0.4, 0.5) is 5.69 Å². The van der Waals surface area contributed by atoms with Crippen LogP contribution in [0.5, 0.6) is 0 Å². The predicted molar refractivity (Wildman–Crippen MR) is 55.4 cm³/mol. The van der Waals surface area contributed by atoms with E-state index in [4.69, 9.17) is 5.11 Å². The van der Waals surface area contributed by atoms with E-state index in [1.807, 2.05) is 0 Å². The zero-order chi connectivity index (χ0) is 10.7. The van der Waals surface area contributed by atoms with E-state index in [0.717, 1.165) is 0 Å². The van der Waals surface area contributed by atoms with Crippen molar-refractivity contribution in [2.24, 2.45) is 0 Å². The molecule has 0 bridgehead atoms. The van der Waals surface area contributed by atoms with Gasteiger partial charge in [0.25, 0.3) is 0 Å². The van der Waals surface area contributed by atoms with Crippen LogP contribution in [0, 0.1) is 0 Å². The zero-order valence-electron chi connectivity index (χ0n) is 7.37. The van der Waals surface area contributed by atoms with Gasteiger partial charge in [0.1, 0.15) is 0 Å². The maximum Gasteiger partial charge on any atom is 0.336 e. The summed E-state index contributed by atoms with van der Waals surface area (Å²) >= 11 is 3.11. The van der Waals surface area contributed by atoms with Crippen molar-refractivity contribution in [2.45, 2.75) is 6.92 Å². The number of benzene rings is 1. The molecule has 0 aliphatic rings. The molecule has 0 radical (unpaired) electrons. The summed E-state index contributed by atoms with van der Waals surface area (Å²) in [4.78, 5) is 21.3. The summed E-state index contributed by atoms with van der Waals surface area (Å²) < 4.78 is 0.441. The molecule has 74 valence electrons. The number of carbonyl (C=O) groups excluding carboxylic acids is 1. The molecule has 14 heavy (non-hydrogen) atoms. The second kappa shape index (κ2) is 4.23. The Morgan fingerprint density at radius 2 is 2.07 bits per heavy atom. The Balaban J connectivity index is 3.00. The van der Waals surface area contributed by atoms with E-state index in [1.54, 1.807) is 6.07 Å². The van der Waals surface area contributed by atoms with Gasteiger partial charge in [0, 0.05) is 17.1 Å². The molecule has 1 aromatic carbocycles. The van der Waals surface area contributed by atoms with Gasteiger partial charge in [0.05, 0.1) is 5.56 Å². The molecule has 0 saturated heterocycles. The third-order valence-electron chi connectivity index (χ3n) is 1.52. The predicted octanol–water partition coefficient (Wildman–Crippen LogP) is 2.11. The summed E-state index contributed by atoms with van der Waals surface area (Å²) in [6.45, 7) is 1.39. The molecule has 0 fully saturated rings. The summed E-state index contributed by atoms with van der Waals surface area (Å²) in [5.74, 6) is -1.20. The average molecular weight is 258 g/mol. The molecule has 0 heterocycles. The molecule has 0 spiro atoms. The molecule has 1 amide bonds. The molecule has 5 heteroatoms. The number of carboxylic acid groups (broad SMARTS) is 1. The molecule has 2 N–H and O–H groups in total. The van der Waals surface area contributed by atoms with Gasteiger partial charge in [0.15, 0.2) is 0 Å². The van der Waals surface area contributed by atoms with Crippen molar-refractivity contribution < 1.29 is 14.7 Å². The van der Waals surface area contributed by atoms with Gasteiger partial charge in [0.2, 0.25) is 5.91 Å². The van der Waals surface area contributed by atoms with Gasteiger partial charge < -0.3 is 10.4 Å². The average Bonchev–Trinajstić information content (AvgIpc) is 2.01. The highest BCUT2D eigenvalue weighted by atomic mass is 79.9. The minimum atomic E-state index is -1.01. The Labute approximate surface area is 89.1 Å². The number of carboxylic acids is 1. The van der Waals surface area contributed by atoms with Crippen LogP contribution in [0.15, 0.2) is 22.7 Å². The van der Waals surface area contributed by atoms with Gasteiger partial charge in [-0.1, -0.05) is 0 Å². The number of aromatic carboxylic acids is 1. The van der Waals surface area contributed by atoms with Crippen molar-refractivity contribution >= 4 is 33.5 Å². The van der Waals surface area contributed by atoms with Crippen molar-refractivity contribution in [3.8, 4) is 0 Å². The topological polar surface area (TPSA) is 66.4 Å². The highest BCUT2D eigenvalue weighted by Crippen LogP contribution is 2.21. The van der Waals surface area contributed by atoms with Gasteiger partial charge in [-0.15, -0.1) is 0 Å². The molecule has 0 aromatic heterocycles. The summed E-state index contributed by atoms with van der Waals surface area (Å²) in [5.41, 5.74) is 0.730. The summed E-state index contributed by atoms with van der Waals surface area (Å²) in [6.07, 6.45) is 0. The lowest BCUT2D eigenvalue weighted by molar-refractivity contribution is -0.114. The van der Waals surface area contributed by atoms with Crippen LogP contribution < -0.4 is 5.32 Å². The molecular weight excluding hydrogens is 250 g/mol. The van der Waals surface area contributed by atoms with Crippen LogP contribution >= 0.6 is 15.9 Å². The first-order valence-electron chi connectivity index (χ1n) is 3.81. The number of halogens is 1. The Kier molecular flexibility index (Phi) is 3.24. The Bertz CT molecular complexity index is 390. The molecule has 0 atom stereocenters. The maximum absolute atomic E-state index is 10.7. The smallest absolute Gasteiger partial charge is 0.336 e. The van der Waals surface area contributed by atoms with Crippen LogP contribution in [0.2, 0.25) is 0 Å². The standard InChI is InChI=1S/C9H8BrNO3/c1-5(12)11-6-2-3-7(9(13)14)8(10)4-6/h2-4H,1H3,(H,11,12)(H,13,14). The summed E-state index contributed by atoms with van der Waals surface area (Å²) in [6, 6.07) is 4.51. The van der Waals surface area contributed by atoms with Crippen molar-refractivity contribution in [2.75, 3.05) is 5.32 Å². The molecule has 4 nitrogen and oxygen atoms in total. The van der Waals surface area contributed by atoms with Crippen LogP contribution in [0.3, 0.4) is 0 Å². The molecule has 0 aliphatic carbocycles. The first-order valence-corrected chi connectivity index (χ1v) is 4.60. The van der Waals surface area contributed by atoms with E-state index in [1.165, 1.54) is 19.1 Å². The summed E-state index contributed by atoms with van der Waals surface area (Å²) in [5, 5.41) is 11.3. The van der Waals surface area contributed by atoms with Gasteiger partial charge in [-0.2, -0.15) is 0 Å². The molecule has 1 rings (SSSR count). The van der Waals surface area contributed by atoms with Crippen LogP contribution in [-0.2, 0) is 4.79 Å². The fourth-order valence-electron chi connectivity index (χ4n) is 0.970. The Morgan fingerprint density at radius 3 is 2.50 bits per heavy atom. The van der Waals surface area contributed by atoms with Crippen molar-refractivity contribution in [3.63, 3.8) is 0 Å². The number of rotatable bonds is 2. The van der Waals surface area contributed by atoms with Gasteiger partial charge in [-0.05, 0) is 34.1 Å². The number of hydrogen-bond acceptors (Lipinski definition) is 2. The molecule has 0 saturated carbocycles. The Hall–Kier alpha value is -1.36. The lowest BCUT2D eigenvalue weighted by atomic mass is 10.2. The highest BCUT2D eigenvalue weighted by Gasteiger charge is 2.08. The highest BCUT2D eigenvalue weighted by molar-refractivity contribution is 9.10. The lowest BCUT2D eigenvalue weighted by Gasteiger charge is -2.04. The second-order valence-electron chi connectivity index (χ2n) is 2.68. The number of hydrogen-bond donors (Lipinski definition) is 2. The normalized spacial score (nSPS) is 9.57. The molecule has 0 unspecified atom stereocenters. The van der Waals surface area contributed by atoms with Crippen LogP contribution in [0.1, 0.15) is 17.3 Å². The van der Waals surface area contributed by atoms with Gasteiger partial charge >= 0.3 is 5.97 Å². The fourth-order valence-corrected chi connectivity index (χ4v) is 1.52. The van der Waals surface area contributed by atoms with Crippen LogP contribution in [-0.4, -0.2) is 17.0 Å². The third kappa shape index (κ3) is 2.56. The quantitative estimate of drug-likeness (QED) is 0.853. The lowest BCUT2D eigenvalue weighted by Crippen LogP contribution is -2.06. The van der Waals surface area contributed by atoms with Crippen molar-refractivity contribution in [3.05, 3.63) is 28.2 Å². The molecule has 1 aromatic rings. The molecular formula is C9H8BrNO3. The number of nitrogens with one attached hydrogen (secondary N) is 1. The number of anilines is 1. The van der Waals surface area contributed by atoms with Crippen LogP contribution in [0.25, 0.3) is 0 Å². The Morgan fingerprint density at radius 1 is 1.43 bits per heavy atom. The number of amides is 1. The SMILES string of the molecule is CC(=O)Nc1ccc(C(=O)O)c(Br)c1. The first-order chi connectivity index (χ1) is 6.50. The monoisotopic (exact) mass is 257 g/mol. The summed E-state index contributed by atoms with van der Waals surface area (Å²) in [7, 11) is 0. The van der Waals surface area contributed by atoms with E-state index < -0.39 is 5.97 Å². The van der Waals surface area contributed by atoms with Gasteiger partial charge in [-0.25, -0.2) is 4.79 Å². The van der Waals surface area contributed by atoms with Crippen molar-refractivity contribution in [1.29, 1.82) is 0 Å². The zero-order valence-corrected chi connectivity index (χ0v) is 8.96. The second-order valence-corrected chi connectivity index (χ2v) is 3.54. The third-order valence-corrected chi connectivity index (χ3v) is 2.18. The number of carbonyl (C=O) groups is 2. The fraction of sp³-hybridized carbons (Fsp3) is 0.111. The van der Waals surface area contributed by atoms with Gasteiger partial charge in [-0.3, -0.25) is 4.79 Å². The maximum atomic E-state index is 10.7. The van der Waals surface area contributed by atoms with E-state index in [2.05, 4.69) is 21.2 Å². The minimum Gasteiger partial charge on any atom is -0.478 e. The van der Waals surface area contributed by atoms with Crippen molar-refractivity contribution in [1.82, 2.24) is 0 Å². The van der Waals surface area contributed by atoms with E-state index >= 15 is 0 Å². The first kappa shape index (κ1) is 10.7. The largest absolute Gasteiger partial charge is 0.478 e. The van der Waals surface area contributed by atoms with E-state index in [9.17, 15) is 9.59 Å². The molecule has 0 aliphatic heterocycles. The van der Waals surface area contributed by atoms with E-state index in [-0.39, 0.29) is 11.5 Å². The minimum absolute atomic E-state index is 0.166. The van der Waals surface area contributed by atoms with E-state index in [0.29, 0.717) is 10.2 Å².